The fraction of sp³-hybridized carbons (Fsp3) is 0.471. The summed E-state index contributed by atoms with van der Waals surface area (Å²) >= 11 is 1.54. The van der Waals surface area contributed by atoms with Crippen LogP contribution in [0.3, 0.4) is 0 Å². The smallest absolute Gasteiger partial charge is 0.233 e. The number of ketones is 1. The number of carbonyl (C=O) groups excluding carboxylic acids is 2. The molecule has 0 saturated carbocycles. The zero-order valence-electron chi connectivity index (χ0n) is 13.7. The summed E-state index contributed by atoms with van der Waals surface area (Å²) in [5.41, 5.74) is 2.72. The average molecular weight is 331 g/mol. The molecule has 1 aliphatic rings. The molecule has 122 valence electrons. The molecule has 0 N–H and O–H groups in total. The van der Waals surface area contributed by atoms with Crippen LogP contribution in [0.2, 0.25) is 0 Å². The predicted molar refractivity (Wildman–Crippen MR) is 91.5 cm³/mol. The minimum atomic E-state index is -0.352. The predicted octanol–water partition coefficient (Wildman–Crippen LogP) is 2.46. The quantitative estimate of drug-likeness (QED) is 0.863. The summed E-state index contributed by atoms with van der Waals surface area (Å²) in [5.74, 6) is 1.24. The second-order valence-electron chi connectivity index (χ2n) is 6.70. The van der Waals surface area contributed by atoms with Crippen LogP contribution in [0.4, 0.5) is 0 Å². The number of thioether (sulfide) groups is 1. The van der Waals surface area contributed by atoms with Gasteiger partial charge in [-0.3, -0.25) is 9.59 Å². The van der Waals surface area contributed by atoms with E-state index in [1.165, 1.54) is 5.56 Å². The molecule has 2 aromatic heterocycles. The Hall–Kier alpha value is -1.82. The van der Waals surface area contributed by atoms with Crippen LogP contribution in [0, 0.1) is 6.92 Å². The van der Waals surface area contributed by atoms with E-state index in [0.29, 0.717) is 17.9 Å². The first-order valence-corrected chi connectivity index (χ1v) is 8.85. The lowest BCUT2D eigenvalue weighted by Crippen LogP contribution is -2.43. The summed E-state index contributed by atoms with van der Waals surface area (Å²) in [6, 6.07) is 4.03. The highest BCUT2D eigenvalue weighted by Crippen LogP contribution is 2.27. The van der Waals surface area contributed by atoms with Gasteiger partial charge in [0.15, 0.2) is 5.78 Å². The summed E-state index contributed by atoms with van der Waals surface area (Å²) < 4.78 is 2.01. The summed E-state index contributed by atoms with van der Waals surface area (Å²) in [5, 5.41) is 0. The van der Waals surface area contributed by atoms with Crippen molar-refractivity contribution in [3.63, 3.8) is 0 Å². The van der Waals surface area contributed by atoms with Crippen molar-refractivity contribution < 1.29 is 9.59 Å². The molecule has 0 spiro atoms. The highest BCUT2D eigenvalue weighted by Gasteiger charge is 2.39. The largest absolute Gasteiger partial charge is 0.329 e. The molecule has 0 atom stereocenters. The number of aryl methyl sites for hydroxylation is 1. The first-order valence-electron chi connectivity index (χ1n) is 7.69. The molecule has 1 amide bonds. The SMILES string of the molecule is Cc1ccc2nc(CSCC(=O)N3CC(=O)CC3(C)C)cn2c1. The lowest BCUT2D eigenvalue weighted by atomic mass is 10.0. The summed E-state index contributed by atoms with van der Waals surface area (Å²) in [6.07, 6.45) is 4.50. The van der Waals surface area contributed by atoms with Crippen molar-refractivity contribution in [2.75, 3.05) is 12.3 Å². The Bertz CT molecular complexity index is 766. The number of fused-ring (bicyclic) bond motifs is 1. The van der Waals surface area contributed by atoms with Gasteiger partial charge >= 0.3 is 0 Å². The van der Waals surface area contributed by atoms with Gasteiger partial charge in [0.25, 0.3) is 0 Å². The lowest BCUT2D eigenvalue weighted by Gasteiger charge is -2.30. The number of likely N-dealkylation sites (tertiary alicyclic amines) is 1. The van der Waals surface area contributed by atoms with Crippen molar-refractivity contribution in [1.82, 2.24) is 14.3 Å². The summed E-state index contributed by atoms with van der Waals surface area (Å²) in [4.78, 5) is 30.2. The van der Waals surface area contributed by atoms with Crippen molar-refractivity contribution in [2.45, 2.75) is 38.5 Å². The van der Waals surface area contributed by atoms with E-state index < -0.39 is 0 Å². The molecule has 2 aromatic rings. The number of rotatable bonds is 4. The number of Topliss-reactive ketones (excluding diaryl/α,β-unsaturated/α-hetero) is 1. The third-order valence-corrected chi connectivity index (χ3v) is 5.07. The fourth-order valence-corrected chi connectivity index (χ4v) is 3.78. The van der Waals surface area contributed by atoms with Gasteiger partial charge in [-0.2, -0.15) is 0 Å². The van der Waals surface area contributed by atoms with Gasteiger partial charge in [0.1, 0.15) is 5.65 Å². The minimum absolute atomic E-state index is 0.0328. The maximum absolute atomic E-state index is 12.3. The van der Waals surface area contributed by atoms with Crippen LogP contribution in [0.5, 0.6) is 0 Å². The number of carbonyl (C=O) groups is 2. The number of amides is 1. The van der Waals surface area contributed by atoms with Crippen LogP contribution in [-0.2, 0) is 15.3 Å². The molecule has 0 aromatic carbocycles. The molecule has 1 saturated heterocycles. The number of hydrogen-bond donors (Lipinski definition) is 0. The maximum atomic E-state index is 12.3. The second-order valence-corrected chi connectivity index (χ2v) is 7.69. The molecule has 0 aliphatic carbocycles. The fourth-order valence-electron chi connectivity index (χ4n) is 3.00. The van der Waals surface area contributed by atoms with Crippen LogP contribution < -0.4 is 0 Å². The van der Waals surface area contributed by atoms with Crippen molar-refractivity contribution in [3.05, 3.63) is 35.8 Å². The Kier molecular flexibility index (Phi) is 4.19. The van der Waals surface area contributed by atoms with Crippen molar-refractivity contribution in [3.8, 4) is 0 Å². The van der Waals surface area contributed by atoms with E-state index >= 15 is 0 Å². The molecule has 1 aliphatic heterocycles. The topological polar surface area (TPSA) is 54.7 Å². The zero-order valence-corrected chi connectivity index (χ0v) is 14.5. The molecule has 0 radical (unpaired) electrons. The Morgan fingerprint density at radius 3 is 2.83 bits per heavy atom. The van der Waals surface area contributed by atoms with E-state index in [1.807, 2.05) is 49.7 Å². The van der Waals surface area contributed by atoms with E-state index in [4.69, 9.17) is 0 Å². The van der Waals surface area contributed by atoms with Gasteiger partial charge in [0, 0.05) is 30.1 Å². The third-order valence-electron chi connectivity index (χ3n) is 4.12. The third kappa shape index (κ3) is 3.42. The van der Waals surface area contributed by atoms with E-state index in [-0.39, 0.29) is 23.8 Å². The summed E-state index contributed by atoms with van der Waals surface area (Å²) in [6.45, 7) is 6.20. The van der Waals surface area contributed by atoms with E-state index in [2.05, 4.69) is 4.98 Å². The highest BCUT2D eigenvalue weighted by atomic mass is 32.2. The number of imidazole rings is 1. The first-order chi connectivity index (χ1) is 10.8. The van der Waals surface area contributed by atoms with Gasteiger partial charge in [-0.15, -0.1) is 11.8 Å². The molecule has 3 rings (SSSR count). The number of pyridine rings is 1. The molecule has 1 fully saturated rings. The van der Waals surface area contributed by atoms with Crippen LogP contribution in [0.25, 0.3) is 5.65 Å². The Labute approximate surface area is 140 Å². The van der Waals surface area contributed by atoms with E-state index in [9.17, 15) is 9.59 Å². The molecule has 3 heterocycles. The van der Waals surface area contributed by atoms with Gasteiger partial charge in [-0.05, 0) is 32.4 Å². The molecule has 23 heavy (non-hydrogen) atoms. The van der Waals surface area contributed by atoms with Gasteiger partial charge in [-0.1, -0.05) is 6.07 Å². The Balaban J connectivity index is 1.58. The standard InChI is InChI=1S/C17H21N3O2S/c1-12-4-5-15-18-13(8-19(15)7-12)10-23-11-16(22)20-9-14(21)6-17(20,2)3/h4-5,7-8H,6,9-11H2,1-3H3. The van der Waals surface area contributed by atoms with Gasteiger partial charge < -0.3 is 9.30 Å². The molecular weight excluding hydrogens is 310 g/mol. The molecule has 6 heteroatoms. The zero-order chi connectivity index (χ0) is 16.6. The van der Waals surface area contributed by atoms with Crippen LogP contribution in [0.1, 0.15) is 31.5 Å². The Morgan fingerprint density at radius 1 is 1.35 bits per heavy atom. The van der Waals surface area contributed by atoms with Gasteiger partial charge in [0.05, 0.1) is 18.0 Å². The van der Waals surface area contributed by atoms with E-state index in [0.717, 1.165) is 11.3 Å². The number of hydrogen-bond acceptors (Lipinski definition) is 4. The number of nitrogens with zero attached hydrogens (tertiary/aromatic N) is 3. The van der Waals surface area contributed by atoms with Crippen molar-refractivity contribution in [2.24, 2.45) is 0 Å². The van der Waals surface area contributed by atoms with Crippen molar-refractivity contribution >= 4 is 29.1 Å². The van der Waals surface area contributed by atoms with Crippen LogP contribution >= 0.6 is 11.8 Å². The second kappa shape index (κ2) is 6.00. The highest BCUT2D eigenvalue weighted by molar-refractivity contribution is 7.99. The Morgan fingerprint density at radius 2 is 2.13 bits per heavy atom. The first kappa shape index (κ1) is 16.1. The monoisotopic (exact) mass is 331 g/mol. The molecular formula is C17H21N3O2S. The molecule has 0 unspecified atom stereocenters. The average Bonchev–Trinajstić information content (AvgIpc) is 2.97. The number of aromatic nitrogens is 2. The molecule has 5 nitrogen and oxygen atoms in total. The van der Waals surface area contributed by atoms with Crippen LogP contribution in [0.15, 0.2) is 24.5 Å². The van der Waals surface area contributed by atoms with Gasteiger partial charge in [-0.25, -0.2) is 4.98 Å². The van der Waals surface area contributed by atoms with Crippen LogP contribution in [-0.4, -0.2) is 43.8 Å². The van der Waals surface area contributed by atoms with E-state index in [1.54, 1.807) is 16.7 Å². The van der Waals surface area contributed by atoms with Gasteiger partial charge in [0.2, 0.25) is 5.91 Å². The summed E-state index contributed by atoms with van der Waals surface area (Å²) in [7, 11) is 0. The lowest BCUT2D eigenvalue weighted by molar-refractivity contribution is -0.132. The normalized spacial score (nSPS) is 17.2. The maximum Gasteiger partial charge on any atom is 0.233 e. The van der Waals surface area contributed by atoms with Crippen molar-refractivity contribution in [1.29, 1.82) is 0 Å². The minimum Gasteiger partial charge on any atom is -0.329 e. The molecule has 0 bridgehead atoms.